The Morgan fingerprint density at radius 3 is 2.43 bits per heavy atom. The van der Waals surface area contributed by atoms with Crippen LogP contribution in [0.3, 0.4) is 0 Å². The second kappa shape index (κ2) is 6.24. The third kappa shape index (κ3) is 3.59. The van der Waals surface area contributed by atoms with E-state index in [9.17, 15) is 9.59 Å². The third-order valence-electron chi connectivity index (χ3n) is 4.40. The number of rotatable bonds is 6. The van der Waals surface area contributed by atoms with Crippen molar-refractivity contribution in [1.82, 2.24) is 5.32 Å². The molecule has 118 valence electrons. The number of carboxylic acids is 1. The fourth-order valence-electron chi connectivity index (χ4n) is 2.89. The lowest BCUT2D eigenvalue weighted by Gasteiger charge is -2.15. The summed E-state index contributed by atoms with van der Waals surface area (Å²) in [6.45, 7) is 0.352. The number of hydrogen-bond donors (Lipinski definition) is 2. The summed E-state index contributed by atoms with van der Waals surface area (Å²) in [5.74, 6) is -0.953. The monoisotopic (exact) mass is 309 g/mol. The lowest BCUT2D eigenvalue weighted by Crippen LogP contribution is -2.27. The molecule has 0 spiro atoms. The van der Waals surface area contributed by atoms with Gasteiger partial charge in [-0.05, 0) is 36.1 Å². The van der Waals surface area contributed by atoms with Crippen molar-refractivity contribution >= 4 is 11.9 Å². The Morgan fingerprint density at radius 1 is 1.04 bits per heavy atom. The first-order valence-electron chi connectivity index (χ1n) is 7.74. The molecule has 2 aromatic rings. The molecule has 0 unspecified atom stereocenters. The van der Waals surface area contributed by atoms with Crippen molar-refractivity contribution in [3.05, 3.63) is 71.3 Å². The molecule has 3 rings (SSSR count). The van der Waals surface area contributed by atoms with E-state index < -0.39 is 5.97 Å². The number of carbonyl (C=O) groups excluding carboxylic acids is 1. The maximum absolute atomic E-state index is 12.2. The summed E-state index contributed by atoms with van der Waals surface area (Å²) in [5.41, 5.74) is 2.25. The van der Waals surface area contributed by atoms with Gasteiger partial charge in [0.2, 0.25) is 5.91 Å². The van der Waals surface area contributed by atoms with E-state index in [0.29, 0.717) is 13.0 Å². The molecule has 0 saturated heterocycles. The Hall–Kier alpha value is -2.62. The highest BCUT2D eigenvalue weighted by molar-refractivity contribution is 5.87. The van der Waals surface area contributed by atoms with E-state index in [4.69, 9.17) is 5.11 Å². The Kier molecular flexibility index (Phi) is 4.15. The van der Waals surface area contributed by atoms with Crippen LogP contribution < -0.4 is 5.32 Å². The van der Waals surface area contributed by atoms with E-state index in [0.717, 1.165) is 18.4 Å². The van der Waals surface area contributed by atoms with Crippen LogP contribution in [0.5, 0.6) is 0 Å². The van der Waals surface area contributed by atoms with E-state index in [2.05, 4.69) is 17.4 Å². The molecule has 0 heterocycles. The van der Waals surface area contributed by atoms with Gasteiger partial charge >= 0.3 is 5.97 Å². The van der Waals surface area contributed by atoms with Crippen LogP contribution >= 0.6 is 0 Å². The molecule has 23 heavy (non-hydrogen) atoms. The molecular formula is C19H19NO3. The first kappa shape index (κ1) is 15.3. The van der Waals surface area contributed by atoms with Gasteiger partial charge in [-0.2, -0.15) is 0 Å². The maximum atomic E-state index is 12.2. The van der Waals surface area contributed by atoms with Crippen LogP contribution in [0.1, 0.15) is 40.7 Å². The highest BCUT2D eigenvalue weighted by Gasteiger charge is 2.45. The zero-order chi connectivity index (χ0) is 16.3. The average molecular weight is 309 g/mol. The van der Waals surface area contributed by atoms with Gasteiger partial charge in [0.25, 0.3) is 0 Å². The Bertz CT molecular complexity index is 720. The number of nitrogens with one attached hydrogen (secondary N) is 1. The number of benzene rings is 2. The van der Waals surface area contributed by atoms with Gasteiger partial charge < -0.3 is 10.4 Å². The van der Waals surface area contributed by atoms with Crippen LogP contribution in [-0.2, 0) is 16.8 Å². The van der Waals surface area contributed by atoms with Gasteiger partial charge in [0.1, 0.15) is 0 Å². The summed E-state index contributed by atoms with van der Waals surface area (Å²) in [7, 11) is 0. The largest absolute Gasteiger partial charge is 0.478 e. The highest BCUT2D eigenvalue weighted by atomic mass is 16.4. The van der Waals surface area contributed by atoms with Crippen molar-refractivity contribution in [2.75, 3.05) is 0 Å². The molecule has 1 aliphatic rings. The molecule has 0 atom stereocenters. The van der Waals surface area contributed by atoms with E-state index in [1.807, 2.05) is 24.3 Å². The van der Waals surface area contributed by atoms with Gasteiger partial charge in [-0.15, -0.1) is 0 Å². The lowest BCUT2D eigenvalue weighted by molar-refractivity contribution is -0.121. The molecule has 4 heteroatoms. The summed E-state index contributed by atoms with van der Waals surface area (Å²) in [6, 6.07) is 16.8. The topological polar surface area (TPSA) is 66.4 Å². The van der Waals surface area contributed by atoms with Crippen molar-refractivity contribution in [2.45, 2.75) is 31.2 Å². The molecule has 0 bridgehead atoms. The van der Waals surface area contributed by atoms with Crippen LogP contribution in [0.4, 0.5) is 0 Å². The first-order valence-corrected chi connectivity index (χ1v) is 7.74. The van der Waals surface area contributed by atoms with Crippen LogP contribution in [0.2, 0.25) is 0 Å². The van der Waals surface area contributed by atoms with Gasteiger partial charge in [-0.3, -0.25) is 4.79 Å². The van der Waals surface area contributed by atoms with E-state index in [1.54, 1.807) is 18.2 Å². The summed E-state index contributed by atoms with van der Waals surface area (Å²) < 4.78 is 0. The molecule has 0 aliphatic heterocycles. The number of hydrogen-bond acceptors (Lipinski definition) is 2. The predicted molar refractivity (Wildman–Crippen MR) is 87.2 cm³/mol. The fourth-order valence-corrected chi connectivity index (χ4v) is 2.89. The second-order valence-electron chi connectivity index (χ2n) is 6.11. The minimum atomic E-state index is -0.959. The van der Waals surface area contributed by atoms with E-state index in [1.165, 1.54) is 5.56 Å². The molecule has 0 aromatic heterocycles. The SMILES string of the molecule is O=C(CC1(c2ccccc2)CC1)NCc1cccc(C(=O)O)c1. The number of aromatic carboxylic acids is 1. The minimum Gasteiger partial charge on any atom is -0.478 e. The molecule has 2 N–H and O–H groups in total. The van der Waals surface area contributed by atoms with Gasteiger partial charge in [-0.1, -0.05) is 42.5 Å². The minimum absolute atomic E-state index is 0.00570. The van der Waals surface area contributed by atoms with Crippen molar-refractivity contribution in [3.63, 3.8) is 0 Å². The Balaban J connectivity index is 1.58. The molecule has 4 nitrogen and oxygen atoms in total. The molecule has 2 aromatic carbocycles. The Morgan fingerprint density at radius 2 is 1.78 bits per heavy atom. The van der Waals surface area contributed by atoms with Crippen LogP contribution in [0.25, 0.3) is 0 Å². The predicted octanol–water partition coefficient (Wildman–Crippen LogP) is 3.12. The number of amides is 1. The normalized spacial score (nSPS) is 15.0. The van der Waals surface area contributed by atoms with Crippen LogP contribution in [-0.4, -0.2) is 17.0 Å². The zero-order valence-corrected chi connectivity index (χ0v) is 12.8. The molecular weight excluding hydrogens is 290 g/mol. The van der Waals surface area contributed by atoms with Crippen molar-refractivity contribution in [2.24, 2.45) is 0 Å². The van der Waals surface area contributed by atoms with Gasteiger partial charge in [0, 0.05) is 18.4 Å². The maximum Gasteiger partial charge on any atom is 0.335 e. The van der Waals surface area contributed by atoms with E-state index in [-0.39, 0.29) is 16.9 Å². The number of carboxylic acid groups (broad SMARTS) is 1. The highest BCUT2D eigenvalue weighted by Crippen LogP contribution is 2.50. The summed E-state index contributed by atoms with van der Waals surface area (Å²) in [6.07, 6.45) is 2.56. The molecule has 1 aliphatic carbocycles. The molecule has 1 saturated carbocycles. The lowest BCUT2D eigenvalue weighted by atomic mass is 9.92. The molecule has 0 radical (unpaired) electrons. The van der Waals surface area contributed by atoms with Crippen molar-refractivity contribution < 1.29 is 14.7 Å². The fraction of sp³-hybridized carbons (Fsp3) is 0.263. The first-order chi connectivity index (χ1) is 11.1. The Labute approximate surface area is 135 Å². The number of carbonyl (C=O) groups is 2. The summed E-state index contributed by atoms with van der Waals surface area (Å²) >= 11 is 0. The third-order valence-corrected chi connectivity index (χ3v) is 4.40. The zero-order valence-electron chi connectivity index (χ0n) is 12.8. The van der Waals surface area contributed by atoms with Crippen molar-refractivity contribution in [3.8, 4) is 0 Å². The van der Waals surface area contributed by atoms with Gasteiger partial charge in [0.05, 0.1) is 5.56 Å². The molecule has 1 amide bonds. The van der Waals surface area contributed by atoms with Crippen molar-refractivity contribution in [1.29, 1.82) is 0 Å². The molecule has 1 fully saturated rings. The van der Waals surface area contributed by atoms with Gasteiger partial charge in [0.15, 0.2) is 0 Å². The van der Waals surface area contributed by atoms with Crippen LogP contribution in [0.15, 0.2) is 54.6 Å². The quantitative estimate of drug-likeness (QED) is 0.861. The summed E-state index contributed by atoms with van der Waals surface area (Å²) in [5, 5.41) is 11.9. The average Bonchev–Trinajstić information content (AvgIpc) is 3.35. The standard InChI is InChI=1S/C19H19NO3/c21-17(12-19(9-10-19)16-7-2-1-3-8-16)20-13-14-5-4-6-15(11-14)18(22)23/h1-8,11H,9-10,12-13H2,(H,20,21)(H,22,23). The van der Waals surface area contributed by atoms with Crippen LogP contribution in [0, 0.1) is 0 Å². The summed E-state index contributed by atoms with van der Waals surface area (Å²) in [4.78, 5) is 23.2. The smallest absolute Gasteiger partial charge is 0.335 e. The van der Waals surface area contributed by atoms with E-state index >= 15 is 0 Å². The van der Waals surface area contributed by atoms with Gasteiger partial charge in [-0.25, -0.2) is 4.79 Å². The second-order valence-corrected chi connectivity index (χ2v) is 6.11.